The SMILES string of the molecule is Cn1ncc2c1ncc1c(=O)n(C)c3ncnn3c12. The summed E-state index contributed by atoms with van der Waals surface area (Å²) in [5, 5.41) is 9.65. The summed E-state index contributed by atoms with van der Waals surface area (Å²) in [6.07, 6.45) is 4.67. The Labute approximate surface area is 105 Å². The second-order valence-corrected chi connectivity index (χ2v) is 4.36. The molecule has 0 unspecified atom stereocenters. The van der Waals surface area contributed by atoms with Gasteiger partial charge in [-0.15, -0.1) is 0 Å². The average Bonchev–Trinajstić information content (AvgIpc) is 3.03. The van der Waals surface area contributed by atoms with Crippen molar-refractivity contribution in [1.82, 2.24) is 33.9 Å². The number of fused-ring (bicyclic) bond motifs is 5. The molecule has 0 amide bonds. The van der Waals surface area contributed by atoms with Crippen molar-refractivity contribution in [3.8, 4) is 0 Å². The highest BCUT2D eigenvalue weighted by Gasteiger charge is 2.15. The van der Waals surface area contributed by atoms with Crippen LogP contribution in [0.2, 0.25) is 0 Å². The number of rotatable bonds is 0. The van der Waals surface area contributed by atoms with E-state index in [1.807, 2.05) is 0 Å². The zero-order chi connectivity index (χ0) is 13.1. The zero-order valence-electron chi connectivity index (χ0n) is 10.3. The van der Waals surface area contributed by atoms with E-state index < -0.39 is 0 Å². The maximum absolute atomic E-state index is 12.3. The van der Waals surface area contributed by atoms with Crippen LogP contribution in [0.4, 0.5) is 0 Å². The quantitative estimate of drug-likeness (QED) is 0.437. The van der Waals surface area contributed by atoms with Gasteiger partial charge in [0.1, 0.15) is 6.33 Å². The van der Waals surface area contributed by atoms with Gasteiger partial charge in [0.2, 0.25) is 5.78 Å². The number of hydrogen-bond acceptors (Lipinski definition) is 5. The fourth-order valence-corrected chi connectivity index (χ4v) is 2.36. The molecular weight excluding hydrogens is 246 g/mol. The van der Waals surface area contributed by atoms with Crippen molar-refractivity contribution in [3.63, 3.8) is 0 Å². The van der Waals surface area contributed by atoms with Crippen LogP contribution in [0.1, 0.15) is 0 Å². The minimum Gasteiger partial charge on any atom is -0.279 e. The summed E-state index contributed by atoms with van der Waals surface area (Å²) < 4.78 is 4.76. The minimum absolute atomic E-state index is 0.145. The Morgan fingerprint density at radius 1 is 1.05 bits per heavy atom. The molecule has 0 aliphatic heterocycles. The van der Waals surface area contributed by atoms with Crippen molar-refractivity contribution in [3.05, 3.63) is 29.1 Å². The van der Waals surface area contributed by atoms with Crippen LogP contribution in [0.25, 0.3) is 27.7 Å². The van der Waals surface area contributed by atoms with Crippen LogP contribution in [0.3, 0.4) is 0 Å². The molecule has 0 bridgehead atoms. The largest absolute Gasteiger partial charge is 0.279 e. The molecule has 0 radical (unpaired) electrons. The van der Waals surface area contributed by atoms with Gasteiger partial charge >= 0.3 is 0 Å². The fraction of sp³-hybridized carbons (Fsp3) is 0.182. The lowest BCUT2D eigenvalue weighted by molar-refractivity contribution is 0.786. The van der Waals surface area contributed by atoms with E-state index in [9.17, 15) is 4.79 Å². The average molecular weight is 255 g/mol. The molecule has 0 aliphatic rings. The first-order valence-electron chi connectivity index (χ1n) is 5.67. The summed E-state index contributed by atoms with van der Waals surface area (Å²) in [6.45, 7) is 0. The third kappa shape index (κ3) is 1.10. The summed E-state index contributed by atoms with van der Waals surface area (Å²) >= 11 is 0. The van der Waals surface area contributed by atoms with Gasteiger partial charge in [0.25, 0.3) is 5.56 Å². The van der Waals surface area contributed by atoms with Gasteiger partial charge in [0.05, 0.1) is 22.5 Å². The van der Waals surface area contributed by atoms with Crippen molar-refractivity contribution in [2.45, 2.75) is 0 Å². The van der Waals surface area contributed by atoms with Gasteiger partial charge < -0.3 is 0 Å². The van der Waals surface area contributed by atoms with Crippen molar-refractivity contribution in [2.75, 3.05) is 0 Å². The highest BCUT2D eigenvalue weighted by Crippen LogP contribution is 2.20. The Morgan fingerprint density at radius 2 is 1.89 bits per heavy atom. The van der Waals surface area contributed by atoms with Gasteiger partial charge in [-0.25, -0.2) is 4.98 Å². The van der Waals surface area contributed by atoms with Crippen LogP contribution in [0, 0.1) is 0 Å². The van der Waals surface area contributed by atoms with E-state index in [1.54, 1.807) is 35.7 Å². The molecule has 4 heterocycles. The van der Waals surface area contributed by atoms with E-state index in [-0.39, 0.29) is 5.56 Å². The second-order valence-electron chi connectivity index (χ2n) is 4.36. The molecule has 0 N–H and O–H groups in total. The summed E-state index contributed by atoms with van der Waals surface area (Å²) in [6, 6.07) is 0. The third-order valence-electron chi connectivity index (χ3n) is 3.31. The van der Waals surface area contributed by atoms with Gasteiger partial charge in [0.15, 0.2) is 5.65 Å². The number of aryl methyl sites for hydroxylation is 2. The zero-order valence-corrected chi connectivity index (χ0v) is 10.3. The maximum atomic E-state index is 12.3. The number of hydrogen-bond donors (Lipinski definition) is 0. The molecule has 0 spiro atoms. The summed E-state index contributed by atoms with van der Waals surface area (Å²) in [5.74, 6) is 0.494. The Balaban J connectivity index is 2.47. The Morgan fingerprint density at radius 3 is 2.74 bits per heavy atom. The molecule has 19 heavy (non-hydrogen) atoms. The topological polar surface area (TPSA) is 82.9 Å². The lowest BCUT2D eigenvalue weighted by Crippen LogP contribution is -2.20. The highest BCUT2D eigenvalue weighted by molar-refractivity contribution is 6.01. The fourth-order valence-electron chi connectivity index (χ4n) is 2.36. The Kier molecular flexibility index (Phi) is 1.69. The molecule has 4 aromatic rings. The molecule has 0 aliphatic carbocycles. The first-order chi connectivity index (χ1) is 9.18. The smallest absolute Gasteiger partial charge is 0.264 e. The van der Waals surface area contributed by atoms with Crippen molar-refractivity contribution < 1.29 is 0 Å². The predicted molar refractivity (Wildman–Crippen MR) is 67.8 cm³/mol. The van der Waals surface area contributed by atoms with Gasteiger partial charge in [-0.1, -0.05) is 0 Å². The molecule has 8 heteroatoms. The van der Waals surface area contributed by atoms with E-state index in [1.165, 1.54) is 10.9 Å². The summed E-state index contributed by atoms with van der Waals surface area (Å²) in [4.78, 5) is 20.7. The molecule has 4 rings (SSSR count). The number of aromatic nitrogens is 7. The first-order valence-corrected chi connectivity index (χ1v) is 5.67. The van der Waals surface area contributed by atoms with Crippen LogP contribution in [-0.4, -0.2) is 33.9 Å². The van der Waals surface area contributed by atoms with Gasteiger partial charge in [-0.3, -0.25) is 14.0 Å². The van der Waals surface area contributed by atoms with E-state index in [2.05, 4.69) is 20.2 Å². The normalized spacial score (nSPS) is 11.9. The standard InChI is InChI=1S/C11H9N7O/c1-16-10(19)7-3-12-9-6(4-14-17(9)2)8(7)18-11(16)13-5-15-18/h3-5H,1-2H3. The van der Waals surface area contributed by atoms with Crippen molar-refractivity contribution in [1.29, 1.82) is 0 Å². The van der Waals surface area contributed by atoms with Crippen LogP contribution in [0.5, 0.6) is 0 Å². The third-order valence-corrected chi connectivity index (χ3v) is 3.31. The lowest BCUT2D eigenvalue weighted by atomic mass is 10.2. The molecule has 4 aromatic heterocycles. The summed E-state index contributed by atoms with van der Waals surface area (Å²) in [7, 11) is 3.47. The van der Waals surface area contributed by atoms with E-state index in [0.717, 1.165) is 5.39 Å². The predicted octanol–water partition coefficient (Wildman–Crippen LogP) is -0.137. The van der Waals surface area contributed by atoms with Crippen molar-refractivity contribution in [2.24, 2.45) is 14.1 Å². The Bertz CT molecular complexity index is 1000. The van der Waals surface area contributed by atoms with Crippen molar-refractivity contribution >= 4 is 27.7 Å². The van der Waals surface area contributed by atoms with Gasteiger partial charge in [-0.2, -0.15) is 19.7 Å². The Hall–Kier alpha value is -2.77. The van der Waals surface area contributed by atoms with E-state index in [4.69, 9.17) is 0 Å². The molecule has 0 saturated heterocycles. The number of pyridine rings is 1. The molecule has 0 aromatic carbocycles. The molecule has 8 nitrogen and oxygen atoms in total. The van der Waals surface area contributed by atoms with Crippen LogP contribution >= 0.6 is 0 Å². The lowest BCUT2D eigenvalue weighted by Gasteiger charge is -2.05. The van der Waals surface area contributed by atoms with E-state index >= 15 is 0 Å². The highest BCUT2D eigenvalue weighted by atomic mass is 16.1. The molecule has 94 valence electrons. The monoisotopic (exact) mass is 255 g/mol. The van der Waals surface area contributed by atoms with Crippen LogP contribution in [0.15, 0.2) is 23.5 Å². The molecular formula is C11H9N7O. The molecule has 0 fully saturated rings. The molecule has 0 atom stereocenters. The van der Waals surface area contributed by atoms with E-state index in [0.29, 0.717) is 22.3 Å². The number of nitrogens with zero attached hydrogens (tertiary/aromatic N) is 7. The summed E-state index contributed by atoms with van der Waals surface area (Å²) in [5.41, 5.74) is 1.25. The van der Waals surface area contributed by atoms with Crippen LogP contribution < -0.4 is 5.56 Å². The second kappa shape index (κ2) is 3.16. The van der Waals surface area contributed by atoms with Gasteiger partial charge in [0, 0.05) is 20.3 Å². The van der Waals surface area contributed by atoms with Crippen LogP contribution in [-0.2, 0) is 14.1 Å². The van der Waals surface area contributed by atoms with Gasteiger partial charge in [-0.05, 0) is 0 Å². The molecule has 0 saturated carbocycles. The maximum Gasteiger partial charge on any atom is 0.264 e. The minimum atomic E-state index is -0.145. The first kappa shape index (κ1) is 10.2.